The van der Waals surface area contributed by atoms with Crippen LogP contribution in [0.4, 0.5) is 17.1 Å². The van der Waals surface area contributed by atoms with E-state index in [9.17, 15) is 0 Å². The first-order valence-corrected chi connectivity index (χ1v) is 9.28. The van der Waals surface area contributed by atoms with Crippen LogP contribution in [0.25, 0.3) is 0 Å². The number of anilines is 3. The van der Waals surface area contributed by atoms with Crippen molar-refractivity contribution in [3.63, 3.8) is 0 Å². The van der Waals surface area contributed by atoms with Gasteiger partial charge in [-0.3, -0.25) is 10.2 Å². The van der Waals surface area contributed by atoms with Gasteiger partial charge in [-0.15, -0.1) is 0 Å². The summed E-state index contributed by atoms with van der Waals surface area (Å²) in [6.07, 6.45) is 0.403. The van der Waals surface area contributed by atoms with Gasteiger partial charge in [0.1, 0.15) is 12.4 Å². The van der Waals surface area contributed by atoms with Gasteiger partial charge in [0.15, 0.2) is 0 Å². The topological polar surface area (TPSA) is 79.6 Å². The van der Waals surface area contributed by atoms with Crippen LogP contribution in [0.1, 0.15) is 11.1 Å². The Morgan fingerprint density at radius 1 is 1.00 bits per heavy atom. The van der Waals surface area contributed by atoms with Crippen LogP contribution in [0, 0.1) is 6.92 Å². The zero-order valence-corrected chi connectivity index (χ0v) is 17.1. The minimum atomic E-state index is 0.403. The highest BCUT2D eigenvalue weighted by Gasteiger charge is 2.08. The number of carbonyl (C=O) groups excluding carboxylic acids is 1. The molecule has 152 valence electrons. The number of rotatable bonds is 7. The van der Waals surface area contributed by atoms with E-state index in [0.717, 1.165) is 22.8 Å². The predicted molar refractivity (Wildman–Crippen MR) is 119 cm³/mol. The first-order valence-electron chi connectivity index (χ1n) is 9.28. The van der Waals surface area contributed by atoms with Crippen LogP contribution >= 0.6 is 0 Å². The molecule has 0 saturated heterocycles. The molecule has 6 heteroatoms. The molecule has 3 rings (SSSR count). The normalized spacial score (nSPS) is 9.66. The van der Waals surface area contributed by atoms with Gasteiger partial charge < -0.3 is 15.0 Å². The highest BCUT2D eigenvalue weighted by Crippen LogP contribution is 2.28. The molecule has 4 N–H and O–H groups in total. The molecule has 0 aliphatic carbocycles. The van der Waals surface area contributed by atoms with E-state index < -0.39 is 0 Å². The van der Waals surface area contributed by atoms with Gasteiger partial charge in [0.25, 0.3) is 0 Å². The molecule has 3 aromatic carbocycles. The molecule has 0 aromatic heterocycles. The Hall–Kier alpha value is -3.51. The summed E-state index contributed by atoms with van der Waals surface area (Å²) in [5.74, 6) is 5.28. The van der Waals surface area contributed by atoms with Gasteiger partial charge in [-0.25, -0.2) is 5.84 Å². The smallest absolute Gasteiger partial charge is 0.221 e. The summed E-state index contributed by atoms with van der Waals surface area (Å²) in [6.45, 7) is 2.65. The van der Waals surface area contributed by atoms with Crippen molar-refractivity contribution in [1.29, 1.82) is 0 Å². The van der Waals surface area contributed by atoms with E-state index in [-0.39, 0.29) is 0 Å². The molecule has 0 spiro atoms. The Bertz CT molecular complexity index is 900. The fourth-order valence-corrected chi connectivity index (χ4v) is 2.87. The van der Waals surface area contributed by atoms with E-state index in [0.29, 0.717) is 13.0 Å². The van der Waals surface area contributed by atoms with Gasteiger partial charge in [-0.2, -0.15) is 0 Å². The van der Waals surface area contributed by atoms with Crippen LogP contribution in [-0.4, -0.2) is 20.5 Å². The largest absolute Gasteiger partial charge is 0.489 e. The van der Waals surface area contributed by atoms with Gasteiger partial charge in [0, 0.05) is 42.8 Å². The fourth-order valence-electron chi connectivity index (χ4n) is 2.87. The number of hydrogen-bond acceptors (Lipinski definition) is 5. The Labute approximate surface area is 172 Å². The van der Waals surface area contributed by atoms with Crippen LogP contribution in [0.2, 0.25) is 0 Å². The van der Waals surface area contributed by atoms with Crippen molar-refractivity contribution in [2.45, 2.75) is 13.5 Å². The maximum absolute atomic E-state index is 8.94. The van der Waals surface area contributed by atoms with E-state index in [1.54, 1.807) is 5.43 Å². The Balaban J connectivity index is 0.000000687. The van der Waals surface area contributed by atoms with Crippen molar-refractivity contribution in [2.75, 3.05) is 24.3 Å². The number of para-hydroxylation sites is 1. The second kappa shape index (κ2) is 11.4. The zero-order valence-electron chi connectivity index (χ0n) is 17.1. The van der Waals surface area contributed by atoms with Crippen molar-refractivity contribution >= 4 is 23.5 Å². The number of aryl methyl sites for hydroxylation is 1. The lowest BCUT2D eigenvalue weighted by Crippen LogP contribution is -2.18. The molecule has 0 heterocycles. The summed E-state index contributed by atoms with van der Waals surface area (Å²) in [6, 6.07) is 24.7. The number of amides is 1. The van der Waals surface area contributed by atoms with Crippen LogP contribution in [-0.2, 0) is 11.4 Å². The monoisotopic (exact) mass is 392 g/mol. The zero-order chi connectivity index (χ0) is 21.1. The first kappa shape index (κ1) is 21.8. The molecule has 0 unspecified atom stereocenters. The quantitative estimate of drug-likeness (QED) is 0.245. The Morgan fingerprint density at radius 2 is 1.66 bits per heavy atom. The van der Waals surface area contributed by atoms with Crippen LogP contribution in [0.5, 0.6) is 5.75 Å². The molecular formula is C23H28N4O2. The van der Waals surface area contributed by atoms with Gasteiger partial charge in [0.2, 0.25) is 6.41 Å². The summed E-state index contributed by atoms with van der Waals surface area (Å²) in [5, 5.41) is 3.24. The Morgan fingerprint density at radius 3 is 2.31 bits per heavy atom. The third kappa shape index (κ3) is 6.26. The molecular weight excluding hydrogens is 364 g/mol. The molecule has 0 aliphatic heterocycles. The van der Waals surface area contributed by atoms with E-state index in [2.05, 4.69) is 72.5 Å². The number of hydrazine groups is 1. The lowest BCUT2D eigenvalue weighted by molar-refractivity contribution is -0.109. The van der Waals surface area contributed by atoms with Gasteiger partial charge in [-0.1, -0.05) is 36.4 Å². The molecule has 29 heavy (non-hydrogen) atoms. The molecule has 6 nitrogen and oxygen atoms in total. The second-order valence-corrected chi connectivity index (χ2v) is 6.32. The highest BCUT2D eigenvalue weighted by molar-refractivity contribution is 5.63. The van der Waals surface area contributed by atoms with E-state index >= 15 is 0 Å². The third-order valence-corrected chi connectivity index (χ3v) is 4.48. The number of nitrogens with one attached hydrogen (secondary N) is 2. The maximum Gasteiger partial charge on any atom is 0.221 e. The summed E-state index contributed by atoms with van der Waals surface area (Å²) in [4.78, 5) is 11.1. The second-order valence-electron chi connectivity index (χ2n) is 6.32. The third-order valence-electron chi connectivity index (χ3n) is 4.48. The van der Waals surface area contributed by atoms with Gasteiger partial charge >= 0.3 is 0 Å². The molecule has 0 aliphatic rings. The standard InChI is InChI=1S/C22H24N2O.CH4N2O/c1-17-9-7-14-22(23-2)21(17)16-25-20-13-8-12-19(15-20)24(3)18-10-5-4-6-11-18;2-3-1-4/h4-15,23H,16H2,1-3H3;1H,2H2,(H,3,4). The lowest BCUT2D eigenvalue weighted by Gasteiger charge is -2.20. The molecule has 0 fully saturated rings. The number of ether oxygens (including phenoxy) is 1. The van der Waals surface area contributed by atoms with E-state index in [1.165, 1.54) is 11.1 Å². The first-order chi connectivity index (χ1) is 14.1. The molecule has 1 amide bonds. The average molecular weight is 393 g/mol. The average Bonchev–Trinajstić information content (AvgIpc) is 2.78. The van der Waals surface area contributed by atoms with Crippen molar-refractivity contribution < 1.29 is 9.53 Å². The SMILES string of the molecule is CNc1cccc(C)c1COc1cccc(N(C)c2ccccc2)c1.NNC=O. The summed E-state index contributed by atoms with van der Waals surface area (Å²) >= 11 is 0. The fraction of sp³-hybridized carbons (Fsp3) is 0.174. The highest BCUT2D eigenvalue weighted by atomic mass is 16.5. The minimum absolute atomic E-state index is 0.403. The van der Waals surface area contributed by atoms with Crippen LogP contribution in [0.15, 0.2) is 72.8 Å². The van der Waals surface area contributed by atoms with Crippen molar-refractivity contribution in [2.24, 2.45) is 5.84 Å². The van der Waals surface area contributed by atoms with Crippen molar-refractivity contribution in [3.05, 3.63) is 83.9 Å². The molecule has 3 aromatic rings. The maximum atomic E-state index is 8.94. The molecule has 0 atom stereocenters. The summed E-state index contributed by atoms with van der Waals surface area (Å²) < 4.78 is 6.08. The number of nitrogens with zero attached hydrogens (tertiary/aromatic N) is 1. The van der Waals surface area contributed by atoms with Gasteiger partial charge in [-0.05, 0) is 42.8 Å². The molecule has 0 bridgehead atoms. The lowest BCUT2D eigenvalue weighted by atomic mass is 10.1. The summed E-state index contributed by atoms with van der Waals surface area (Å²) in [5.41, 5.74) is 7.52. The van der Waals surface area contributed by atoms with Gasteiger partial charge in [0.05, 0.1) is 0 Å². The van der Waals surface area contributed by atoms with Crippen molar-refractivity contribution in [1.82, 2.24) is 5.43 Å². The Kier molecular flexibility index (Phi) is 8.53. The van der Waals surface area contributed by atoms with Crippen molar-refractivity contribution in [3.8, 4) is 5.75 Å². The number of benzene rings is 3. The van der Waals surface area contributed by atoms with Crippen LogP contribution < -0.4 is 26.2 Å². The molecule has 0 radical (unpaired) electrons. The van der Waals surface area contributed by atoms with Crippen LogP contribution in [0.3, 0.4) is 0 Å². The minimum Gasteiger partial charge on any atom is -0.489 e. The number of carbonyl (C=O) groups is 1. The number of nitrogens with two attached hydrogens (primary N) is 1. The van der Waals surface area contributed by atoms with E-state index in [4.69, 9.17) is 9.53 Å². The molecule has 0 saturated carbocycles. The number of hydrogen-bond donors (Lipinski definition) is 3. The van der Waals surface area contributed by atoms with E-state index in [1.807, 2.05) is 37.4 Å². The predicted octanol–water partition coefficient (Wildman–Crippen LogP) is 3.99. The summed E-state index contributed by atoms with van der Waals surface area (Å²) in [7, 11) is 4.00.